The number of hydrogen-bond acceptors (Lipinski definition) is 2. The molecule has 0 bridgehead atoms. The van der Waals surface area contributed by atoms with E-state index in [1.165, 1.54) is 5.56 Å². The van der Waals surface area contributed by atoms with Crippen LogP contribution in [0.25, 0.3) is 0 Å². The first-order valence-electron chi connectivity index (χ1n) is 5.54. The molecule has 0 atom stereocenters. The van der Waals surface area contributed by atoms with Crippen molar-refractivity contribution in [1.29, 1.82) is 0 Å². The maximum atomic E-state index is 5.75. The summed E-state index contributed by atoms with van der Waals surface area (Å²) >= 11 is 5.75. The SMILES string of the molecule is CC(C)c1ccc(Oc2ccc(Cl)cn2)cc1. The summed E-state index contributed by atoms with van der Waals surface area (Å²) in [5, 5.41) is 0.604. The molecule has 0 aliphatic rings. The molecule has 1 aromatic heterocycles. The molecule has 0 radical (unpaired) electrons. The van der Waals surface area contributed by atoms with Crippen molar-refractivity contribution >= 4 is 11.6 Å². The van der Waals surface area contributed by atoms with Crippen LogP contribution < -0.4 is 4.74 Å². The van der Waals surface area contributed by atoms with Gasteiger partial charge in [0.2, 0.25) is 5.88 Å². The van der Waals surface area contributed by atoms with Gasteiger partial charge in [0.15, 0.2) is 0 Å². The van der Waals surface area contributed by atoms with Crippen molar-refractivity contribution in [3.8, 4) is 11.6 Å². The summed E-state index contributed by atoms with van der Waals surface area (Å²) in [4.78, 5) is 4.08. The van der Waals surface area contributed by atoms with E-state index in [2.05, 4.69) is 31.0 Å². The van der Waals surface area contributed by atoms with Gasteiger partial charge in [-0.25, -0.2) is 4.98 Å². The van der Waals surface area contributed by atoms with Crippen molar-refractivity contribution in [2.75, 3.05) is 0 Å². The van der Waals surface area contributed by atoms with Gasteiger partial charge in [0.1, 0.15) is 5.75 Å². The standard InChI is InChI=1S/C14H14ClNO/c1-10(2)11-3-6-13(7-4-11)17-14-8-5-12(15)9-16-14/h3-10H,1-2H3. The van der Waals surface area contributed by atoms with Gasteiger partial charge in [-0.2, -0.15) is 0 Å². The van der Waals surface area contributed by atoms with Crippen LogP contribution in [-0.4, -0.2) is 4.98 Å². The molecule has 2 aromatic rings. The number of hydrogen-bond donors (Lipinski definition) is 0. The lowest BCUT2D eigenvalue weighted by Crippen LogP contribution is -1.89. The molecule has 0 amide bonds. The third-order valence-electron chi connectivity index (χ3n) is 2.47. The van der Waals surface area contributed by atoms with Crippen molar-refractivity contribution in [3.63, 3.8) is 0 Å². The molecule has 0 fully saturated rings. The van der Waals surface area contributed by atoms with Gasteiger partial charge in [-0.05, 0) is 29.7 Å². The van der Waals surface area contributed by atoms with Crippen LogP contribution in [0.2, 0.25) is 5.02 Å². The topological polar surface area (TPSA) is 22.1 Å². The average Bonchev–Trinajstić information content (AvgIpc) is 2.33. The fourth-order valence-corrected chi connectivity index (χ4v) is 1.58. The van der Waals surface area contributed by atoms with Crippen molar-refractivity contribution < 1.29 is 4.74 Å². The lowest BCUT2D eigenvalue weighted by atomic mass is 10.0. The number of pyridine rings is 1. The highest BCUT2D eigenvalue weighted by Crippen LogP contribution is 2.23. The van der Waals surface area contributed by atoms with E-state index in [1.54, 1.807) is 18.3 Å². The summed E-state index contributed by atoms with van der Waals surface area (Å²) in [6, 6.07) is 11.5. The Bertz CT molecular complexity index is 477. The Hall–Kier alpha value is -1.54. The Morgan fingerprint density at radius 3 is 2.29 bits per heavy atom. The van der Waals surface area contributed by atoms with Gasteiger partial charge in [-0.1, -0.05) is 37.6 Å². The number of halogens is 1. The van der Waals surface area contributed by atoms with Crippen LogP contribution in [0.5, 0.6) is 11.6 Å². The van der Waals surface area contributed by atoms with Crippen molar-refractivity contribution in [3.05, 3.63) is 53.2 Å². The molecule has 0 unspecified atom stereocenters. The van der Waals surface area contributed by atoms with Crippen LogP contribution in [0, 0.1) is 0 Å². The van der Waals surface area contributed by atoms with E-state index < -0.39 is 0 Å². The van der Waals surface area contributed by atoms with Gasteiger partial charge in [0.25, 0.3) is 0 Å². The lowest BCUT2D eigenvalue weighted by molar-refractivity contribution is 0.462. The molecule has 2 rings (SSSR count). The second kappa shape index (κ2) is 5.19. The van der Waals surface area contributed by atoms with Crippen LogP contribution in [0.1, 0.15) is 25.3 Å². The van der Waals surface area contributed by atoms with Crippen LogP contribution in [-0.2, 0) is 0 Å². The molecule has 1 aromatic carbocycles. The molecular formula is C14H14ClNO. The molecule has 0 saturated carbocycles. The molecule has 2 nitrogen and oxygen atoms in total. The zero-order valence-corrected chi connectivity index (χ0v) is 10.6. The lowest BCUT2D eigenvalue weighted by Gasteiger charge is -2.07. The highest BCUT2D eigenvalue weighted by molar-refractivity contribution is 6.30. The minimum Gasteiger partial charge on any atom is -0.439 e. The van der Waals surface area contributed by atoms with Crippen LogP contribution >= 0.6 is 11.6 Å². The largest absolute Gasteiger partial charge is 0.439 e. The maximum Gasteiger partial charge on any atom is 0.219 e. The van der Waals surface area contributed by atoms with Crippen molar-refractivity contribution in [1.82, 2.24) is 4.98 Å². The second-order valence-corrected chi connectivity index (χ2v) is 4.58. The van der Waals surface area contributed by atoms with Gasteiger partial charge in [0.05, 0.1) is 5.02 Å². The van der Waals surface area contributed by atoms with Crippen LogP contribution in [0.15, 0.2) is 42.6 Å². The first-order chi connectivity index (χ1) is 8.15. The highest BCUT2D eigenvalue weighted by atomic mass is 35.5. The molecule has 88 valence electrons. The summed E-state index contributed by atoms with van der Waals surface area (Å²) in [7, 11) is 0. The van der Waals surface area contributed by atoms with E-state index in [9.17, 15) is 0 Å². The number of nitrogens with zero attached hydrogens (tertiary/aromatic N) is 1. The summed E-state index contributed by atoms with van der Waals surface area (Å²) in [5.41, 5.74) is 1.29. The van der Waals surface area contributed by atoms with Crippen molar-refractivity contribution in [2.24, 2.45) is 0 Å². The van der Waals surface area contributed by atoms with Crippen molar-refractivity contribution in [2.45, 2.75) is 19.8 Å². The van der Waals surface area contributed by atoms with E-state index >= 15 is 0 Å². The number of rotatable bonds is 3. The molecule has 0 saturated heterocycles. The smallest absolute Gasteiger partial charge is 0.219 e. The minimum absolute atomic E-state index is 0.526. The fourth-order valence-electron chi connectivity index (χ4n) is 1.46. The van der Waals surface area contributed by atoms with E-state index in [-0.39, 0.29) is 0 Å². The molecule has 3 heteroatoms. The number of ether oxygens (including phenoxy) is 1. The number of aromatic nitrogens is 1. The fraction of sp³-hybridized carbons (Fsp3) is 0.214. The van der Waals surface area contributed by atoms with Gasteiger partial charge < -0.3 is 4.74 Å². The first-order valence-corrected chi connectivity index (χ1v) is 5.92. The minimum atomic E-state index is 0.526. The summed E-state index contributed by atoms with van der Waals surface area (Å²) in [6.07, 6.45) is 1.57. The summed E-state index contributed by atoms with van der Waals surface area (Å²) < 4.78 is 5.60. The Labute approximate surface area is 106 Å². The maximum absolute atomic E-state index is 5.75. The predicted octanol–water partition coefficient (Wildman–Crippen LogP) is 4.65. The van der Waals surface area contributed by atoms with E-state index in [0.29, 0.717) is 16.8 Å². The van der Waals surface area contributed by atoms with E-state index in [1.807, 2.05) is 12.1 Å². The second-order valence-electron chi connectivity index (χ2n) is 4.14. The Kier molecular flexibility index (Phi) is 3.64. The molecule has 0 spiro atoms. The predicted molar refractivity (Wildman–Crippen MR) is 69.9 cm³/mol. The van der Waals surface area contributed by atoms with Gasteiger partial charge in [-0.3, -0.25) is 0 Å². The normalized spacial score (nSPS) is 10.6. The number of benzene rings is 1. The Morgan fingerprint density at radius 2 is 1.76 bits per heavy atom. The van der Waals surface area contributed by atoms with E-state index in [4.69, 9.17) is 16.3 Å². The molecular weight excluding hydrogens is 234 g/mol. The molecule has 1 heterocycles. The van der Waals surface area contributed by atoms with Gasteiger partial charge in [0, 0.05) is 12.3 Å². The molecule has 17 heavy (non-hydrogen) atoms. The monoisotopic (exact) mass is 247 g/mol. The first kappa shape index (κ1) is 11.9. The van der Waals surface area contributed by atoms with Crippen LogP contribution in [0.4, 0.5) is 0 Å². The highest BCUT2D eigenvalue weighted by Gasteiger charge is 2.01. The quantitative estimate of drug-likeness (QED) is 0.788. The third-order valence-corrected chi connectivity index (χ3v) is 2.69. The summed E-state index contributed by atoms with van der Waals surface area (Å²) in [5.74, 6) is 1.86. The molecule has 0 aliphatic heterocycles. The van der Waals surface area contributed by atoms with Gasteiger partial charge in [-0.15, -0.1) is 0 Å². The zero-order chi connectivity index (χ0) is 12.3. The molecule has 0 N–H and O–H groups in total. The molecule has 0 aliphatic carbocycles. The summed E-state index contributed by atoms with van der Waals surface area (Å²) in [6.45, 7) is 4.33. The van der Waals surface area contributed by atoms with Gasteiger partial charge >= 0.3 is 0 Å². The van der Waals surface area contributed by atoms with Crippen LogP contribution in [0.3, 0.4) is 0 Å². The third kappa shape index (κ3) is 3.21. The average molecular weight is 248 g/mol. The Morgan fingerprint density at radius 1 is 1.06 bits per heavy atom. The zero-order valence-electron chi connectivity index (χ0n) is 9.85. The Balaban J connectivity index is 2.11. The van der Waals surface area contributed by atoms with E-state index in [0.717, 1.165) is 5.75 Å².